The van der Waals surface area contributed by atoms with Crippen molar-refractivity contribution in [1.29, 1.82) is 0 Å². The summed E-state index contributed by atoms with van der Waals surface area (Å²) in [6, 6.07) is 7.50. The summed E-state index contributed by atoms with van der Waals surface area (Å²) in [5.41, 5.74) is 7.65. The Balaban J connectivity index is 2.35. The van der Waals surface area contributed by atoms with E-state index in [4.69, 9.17) is 15.2 Å². The van der Waals surface area contributed by atoms with E-state index < -0.39 is 0 Å². The van der Waals surface area contributed by atoms with Gasteiger partial charge >= 0.3 is 0 Å². The van der Waals surface area contributed by atoms with Crippen molar-refractivity contribution in [2.75, 3.05) is 7.11 Å². The van der Waals surface area contributed by atoms with Gasteiger partial charge in [-0.25, -0.2) is 4.98 Å². The summed E-state index contributed by atoms with van der Waals surface area (Å²) in [6.07, 6.45) is 1.70. The number of benzene rings is 1. The van der Waals surface area contributed by atoms with Crippen LogP contribution < -0.4 is 15.2 Å². The number of hydrogen-bond acceptors (Lipinski definition) is 4. The standard InChI is InChI=1S/C14H15BrN2O2/c1-9-5-6-17-14(13(9)15)19-11-4-3-10(8-16)7-12(11)18-2/h3-7H,8,16H2,1-2H3. The lowest BCUT2D eigenvalue weighted by Crippen LogP contribution is -1.98. The van der Waals surface area contributed by atoms with Gasteiger partial charge in [-0.2, -0.15) is 0 Å². The molecule has 0 aliphatic rings. The molecule has 0 saturated carbocycles. The summed E-state index contributed by atoms with van der Waals surface area (Å²) in [4.78, 5) is 4.20. The summed E-state index contributed by atoms with van der Waals surface area (Å²) in [6.45, 7) is 2.44. The molecular weight excluding hydrogens is 308 g/mol. The van der Waals surface area contributed by atoms with Crippen LogP contribution >= 0.6 is 15.9 Å². The van der Waals surface area contributed by atoms with E-state index in [9.17, 15) is 0 Å². The monoisotopic (exact) mass is 322 g/mol. The van der Waals surface area contributed by atoms with Crippen LogP contribution in [0.15, 0.2) is 34.9 Å². The van der Waals surface area contributed by atoms with Gasteiger partial charge in [0.1, 0.15) is 0 Å². The molecule has 1 aromatic heterocycles. The molecule has 1 aromatic carbocycles. The molecule has 1 heterocycles. The molecule has 0 unspecified atom stereocenters. The summed E-state index contributed by atoms with van der Waals surface area (Å²) in [7, 11) is 1.60. The lowest BCUT2D eigenvalue weighted by Gasteiger charge is -2.12. The Labute approximate surface area is 120 Å². The fourth-order valence-corrected chi connectivity index (χ4v) is 1.93. The number of aryl methyl sites for hydroxylation is 1. The number of ether oxygens (including phenoxy) is 2. The van der Waals surface area contributed by atoms with Crippen LogP contribution in [0.1, 0.15) is 11.1 Å². The molecule has 19 heavy (non-hydrogen) atoms. The minimum atomic E-state index is 0.461. The lowest BCUT2D eigenvalue weighted by molar-refractivity contribution is 0.372. The molecule has 0 radical (unpaired) electrons. The number of nitrogens with two attached hydrogens (primary N) is 1. The maximum absolute atomic E-state index is 5.79. The second-order valence-corrected chi connectivity index (χ2v) is 4.83. The van der Waals surface area contributed by atoms with Gasteiger partial charge in [0.2, 0.25) is 5.88 Å². The van der Waals surface area contributed by atoms with Gasteiger partial charge in [-0.15, -0.1) is 0 Å². The van der Waals surface area contributed by atoms with Crippen molar-refractivity contribution >= 4 is 15.9 Å². The van der Waals surface area contributed by atoms with Crippen molar-refractivity contribution in [3.05, 3.63) is 46.1 Å². The van der Waals surface area contributed by atoms with E-state index in [1.165, 1.54) is 0 Å². The maximum Gasteiger partial charge on any atom is 0.234 e. The molecule has 5 heteroatoms. The smallest absolute Gasteiger partial charge is 0.234 e. The predicted molar refractivity (Wildman–Crippen MR) is 77.6 cm³/mol. The van der Waals surface area contributed by atoms with Crippen LogP contribution in [0, 0.1) is 6.92 Å². The van der Waals surface area contributed by atoms with Crippen molar-refractivity contribution in [1.82, 2.24) is 4.98 Å². The van der Waals surface area contributed by atoms with Crippen LogP contribution in [0.25, 0.3) is 0 Å². The number of methoxy groups -OCH3 is 1. The molecular formula is C14H15BrN2O2. The van der Waals surface area contributed by atoms with Gasteiger partial charge in [-0.1, -0.05) is 6.07 Å². The molecule has 0 spiro atoms. The third-order valence-electron chi connectivity index (χ3n) is 2.72. The van der Waals surface area contributed by atoms with Gasteiger partial charge in [0.15, 0.2) is 11.5 Å². The molecule has 2 rings (SSSR count). The first kappa shape index (κ1) is 13.8. The molecule has 0 fully saturated rings. The minimum Gasteiger partial charge on any atom is -0.493 e. The van der Waals surface area contributed by atoms with E-state index in [-0.39, 0.29) is 0 Å². The molecule has 0 saturated heterocycles. The number of nitrogens with zero attached hydrogens (tertiary/aromatic N) is 1. The molecule has 2 aromatic rings. The molecule has 100 valence electrons. The van der Waals surface area contributed by atoms with Crippen LogP contribution in [0.4, 0.5) is 0 Å². The largest absolute Gasteiger partial charge is 0.493 e. The highest BCUT2D eigenvalue weighted by Gasteiger charge is 2.11. The Kier molecular flexibility index (Phi) is 4.39. The topological polar surface area (TPSA) is 57.4 Å². The van der Waals surface area contributed by atoms with Crippen molar-refractivity contribution in [3.63, 3.8) is 0 Å². The van der Waals surface area contributed by atoms with Gasteiger partial charge in [-0.3, -0.25) is 0 Å². The molecule has 2 N–H and O–H groups in total. The van der Waals surface area contributed by atoms with E-state index in [0.717, 1.165) is 15.6 Å². The molecule has 0 atom stereocenters. The third-order valence-corrected chi connectivity index (χ3v) is 3.69. The highest BCUT2D eigenvalue weighted by Crippen LogP contribution is 2.35. The Morgan fingerprint density at radius 1 is 1.26 bits per heavy atom. The van der Waals surface area contributed by atoms with Gasteiger partial charge in [0.05, 0.1) is 11.6 Å². The van der Waals surface area contributed by atoms with Crippen LogP contribution in [0.3, 0.4) is 0 Å². The second kappa shape index (κ2) is 6.04. The van der Waals surface area contributed by atoms with E-state index in [1.807, 2.05) is 31.2 Å². The Morgan fingerprint density at radius 2 is 2.05 bits per heavy atom. The van der Waals surface area contributed by atoms with E-state index in [2.05, 4.69) is 20.9 Å². The van der Waals surface area contributed by atoms with E-state index in [1.54, 1.807) is 13.3 Å². The molecule has 4 nitrogen and oxygen atoms in total. The average molecular weight is 323 g/mol. The molecule has 0 aliphatic heterocycles. The first-order valence-electron chi connectivity index (χ1n) is 5.81. The van der Waals surface area contributed by atoms with Crippen LogP contribution in [-0.2, 0) is 6.54 Å². The highest BCUT2D eigenvalue weighted by molar-refractivity contribution is 9.10. The van der Waals surface area contributed by atoms with E-state index >= 15 is 0 Å². The maximum atomic E-state index is 5.79. The molecule has 0 aliphatic carbocycles. The highest BCUT2D eigenvalue weighted by atomic mass is 79.9. The fourth-order valence-electron chi connectivity index (χ4n) is 1.61. The van der Waals surface area contributed by atoms with E-state index in [0.29, 0.717) is 23.9 Å². The second-order valence-electron chi connectivity index (χ2n) is 4.04. The van der Waals surface area contributed by atoms with Gasteiger partial charge in [0, 0.05) is 12.7 Å². The van der Waals surface area contributed by atoms with Crippen molar-refractivity contribution < 1.29 is 9.47 Å². The summed E-state index contributed by atoms with van der Waals surface area (Å²) < 4.78 is 11.9. The SMILES string of the molecule is COc1cc(CN)ccc1Oc1nccc(C)c1Br. The molecule has 0 amide bonds. The zero-order valence-electron chi connectivity index (χ0n) is 10.8. The fraction of sp³-hybridized carbons (Fsp3) is 0.214. The Morgan fingerprint density at radius 3 is 2.74 bits per heavy atom. The number of halogens is 1. The van der Waals surface area contributed by atoms with Gasteiger partial charge < -0.3 is 15.2 Å². The number of hydrogen-bond donors (Lipinski definition) is 1. The normalized spacial score (nSPS) is 10.3. The van der Waals surface area contributed by atoms with Crippen molar-refractivity contribution in [2.24, 2.45) is 5.73 Å². The number of rotatable bonds is 4. The number of pyridine rings is 1. The van der Waals surface area contributed by atoms with Gasteiger partial charge in [0.25, 0.3) is 0 Å². The van der Waals surface area contributed by atoms with Crippen molar-refractivity contribution in [3.8, 4) is 17.4 Å². The van der Waals surface area contributed by atoms with Crippen LogP contribution in [-0.4, -0.2) is 12.1 Å². The predicted octanol–water partition coefficient (Wildman–Crippen LogP) is 3.41. The molecule has 0 bridgehead atoms. The first-order valence-corrected chi connectivity index (χ1v) is 6.61. The Hall–Kier alpha value is -1.59. The van der Waals surface area contributed by atoms with Crippen molar-refractivity contribution in [2.45, 2.75) is 13.5 Å². The number of aromatic nitrogens is 1. The zero-order valence-corrected chi connectivity index (χ0v) is 12.4. The van der Waals surface area contributed by atoms with Crippen LogP contribution in [0.2, 0.25) is 0 Å². The lowest BCUT2D eigenvalue weighted by atomic mass is 10.2. The summed E-state index contributed by atoms with van der Waals surface area (Å²) in [5, 5.41) is 0. The quantitative estimate of drug-likeness (QED) is 0.937. The van der Waals surface area contributed by atoms with Gasteiger partial charge in [-0.05, 0) is 52.2 Å². The summed E-state index contributed by atoms with van der Waals surface area (Å²) >= 11 is 3.46. The minimum absolute atomic E-state index is 0.461. The zero-order chi connectivity index (χ0) is 13.8. The van der Waals surface area contributed by atoms with Crippen LogP contribution in [0.5, 0.6) is 17.4 Å². The third kappa shape index (κ3) is 3.05. The first-order chi connectivity index (χ1) is 9.15. The Bertz CT molecular complexity index is 588. The average Bonchev–Trinajstić information content (AvgIpc) is 2.44. The summed E-state index contributed by atoms with van der Waals surface area (Å²) in [5.74, 6) is 1.76.